The minimum Gasteiger partial charge on any atom is -0.390 e. The zero-order chi connectivity index (χ0) is 19.1. The number of imide groups is 1. The smallest absolute Gasteiger partial charge is 0.240 e. The van der Waals surface area contributed by atoms with Gasteiger partial charge in [0.15, 0.2) is 0 Å². The Balaban J connectivity index is 1.69. The first-order chi connectivity index (χ1) is 12.8. The number of carbonyl (C=O) groups excluding carboxylic acids is 2. The number of rotatable bonds is 1. The van der Waals surface area contributed by atoms with E-state index in [9.17, 15) is 20.0 Å². The molecule has 0 radical (unpaired) electrons. The van der Waals surface area contributed by atoms with Crippen LogP contribution >= 0.6 is 0 Å². The zero-order valence-corrected chi connectivity index (χ0v) is 14.8. The van der Waals surface area contributed by atoms with Crippen LogP contribution in [0.15, 0.2) is 30.5 Å². The number of benzene rings is 1. The van der Waals surface area contributed by atoms with Gasteiger partial charge in [-0.25, -0.2) is 9.88 Å². The predicted molar refractivity (Wildman–Crippen MR) is 94.4 cm³/mol. The van der Waals surface area contributed by atoms with E-state index in [-0.39, 0.29) is 17.5 Å². The number of amides is 2. The molecule has 0 aliphatic carbocycles. The maximum absolute atomic E-state index is 13.3. The SMILES string of the molecule is C[C@]12C[C@H](O)[C@](C)(O1)C1C(=O)N(c3cnc(C#N)c4ccccc34)C(=O)[C@H]12. The van der Waals surface area contributed by atoms with Gasteiger partial charge >= 0.3 is 0 Å². The van der Waals surface area contributed by atoms with Gasteiger partial charge in [-0.3, -0.25) is 9.59 Å². The van der Waals surface area contributed by atoms with Crippen LogP contribution in [-0.2, 0) is 14.3 Å². The second-order valence-electron chi connectivity index (χ2n) is 7.94. The molecule has 1 aromatic carbocycles. The fourth-order valence-corrected chi connectivity index (χ4v) is 5.20. The van der Waals surface area contributed by atoms with Crippen molar-refractivity contribution in [1.29, 1.82) is 5.26 Å². The number of nitrogens with zero attached hydrogens (tertiary/aromatic N) is 3. The zero-order valence-electron chi connectivity index (χ0n) is 14.8. The predicted octanol–water partition coefficient (Wildman–Crippen LogP) is 1.52. The molecule has 4 heterocycles. The van der Waals surface area contributed by atoms with Crippen LogP contribution in [0.2, 0.25) is 0 Å². The molecule has 2 aromatic rings. The van der Waals surface area contributed by atoms with E-state index < -0.39 is 29.1 Å². The van der Waals surface area contributed by atoms with E-state index in [1.165, 1.54) is 11.1 Å². The number of carbonyl (C=O) groups is 2. The lowest BCUT2D eigenvalue weighted by molar-refractivity contribution is -0.132. The van der Waals surface area contributed by atoms with E-state index in [1.807, 2.05) is 6.07 Å². The summed E-state index contributed by atoms with van der Waals surface area (Å²) >= 11 is 0. The summed E-state index contributed by atoms with van der Waals surface area (Å²) < 4.78 is 6.00. The summed E-state index contributed by atoms with van der Waals surface area (Å²) in [5, 5.41) is 20.9. The second kappa shape index (κ2) is 4.91. The van der Waals surface area contributed by atoms with E-state index >= 15 is 0 Å². The Hall–Kier alpha value is -2.82. The molecule has 3 saturated heterocycles. The lowest BCUT2D eigenvalue weighted by Crippen LogP contribution is -2.49. The van der Waals surface area contributed by atoms with Crippen molar-refractivity contribution in [3.63, 3.8) is 0 Å². The van der Waals surface area contributed by atoms with Crippen molar-refractivity contribution < 1.29 is 19.4 Å². The highest BCUT2D eigenvalue weighted by Gasteiger charge is 2.75. The maximum Gasteiger partial charge on any atom is 0.240 e. The summed E-state index contributed by atoms with van der Waals surface area (Å²) in [4.78, 5) is 31.9. The molecule has 2 bridgehead atoms. The van der Waals surface area contributed by atoms with Crippen LogP contribution in [0.4, 0.5) is 5.69 Å². The van der Waals surface area contributed by atoms with Crippen molar-refractivity contribution in [2.24, 2.45) is 11.8 Å². The monoisotopic (exact) mass is 363 g/mol. The third-order valence-corrected chi connectivity index (χ3v) is 6.42. The molecule has 136 valence electrons. The van der Waals surface area contributed by atoms with Crippen LogP contribution in [0.25, 0.3) is 10.8 Å². The van der Waals surface area contributed by atoms with Gasteiger partial charge in [0, 0.05) is 17.2 Å². The molecule has 3 fully saturated rings. The topological polar surface area (TPSA) is 104 Å². The number of ether oxygens (including phenoxy) is 1. The van der Waals surface area contributed by atoms with Gasteiger partial charge < -0.3 is 9.84 Å². The number of anilines is 1. The molecule has 1 N–H and O–H groups in total. The summed E-state index contributed by atoms with van der Waals surface area (Å²) in [6, 6.07) is 9.13. The minimum absolute atomic E-state index is 0.242. The largest absolute Gasteiger partial charge is 0.390 e. The molecule has 1 unspecified atom stereocenters. The molecule has 7 heteroatoms. The van der Waals surface area contributed by atoms with Crippen molar-refractivity contribution in [3.8, 4) is 6.07 Å². The van der Waals surface area contributed by atoms with Crippen LogP contribution in [0, 0.1) is 23.2 Å². The molecule has 3 aliphatic heterocycles. The first-order valence-corrected chi connectivity index (χ1v) is 8.86. The number of pyridine rings is 1. The van der Waals surface area contributed by atoms with Crippen molar-refractivity contribution >= 4 is 28.3 Å². The van der Waals surface area contributed by atoms with Gasteiger partial charge in [-0.1, -0.05) is 24.3 Å². The van der Waals surface area contributed by atoms with Gasteiger partial charge in [0.1, 0.15) is 17.4 Å². The maximum atomic E-state index is 13.3. The second-order valence-corrected chi connectivity index (χ2v) is 7.94. The quantitative estimate of drug-likeness (QED) is 0.771. The molecule has 5 rings (SSSR count). The van der Waals surface area contributed by atoms with Gasteiger partial charge in [0.05, 0.1) is 35.4 Å². The van der Waals surface area contributed by atoms with Crippen LogP contribution in [0.1, 0.15) is 26.0 Å². The normalized spacial score (nSPS) is 37.1. The Morgan fingerprint density at radius 2 is 1.89 bits per heavy atom. The van der Waals surface area contributed by atoms with Gasteiger partial charge in [-0.05, 0) is 13.8 Å². The highest BCUT2D eigenvalue weighted by Crippen LogP contribution is 2.61. The van der Waals surface area contributed by atoms with Crippen LogP contribution < -0.4 is 4.90 Å². The fourth-order valence-electron chi connectivity index (χ4n) is 5.20. The summed E-state index contributed by atoms with van der Waals surface area (Å²) in [6.45, 7) is 3.49. The van der Waals surface area contributed by atoms with Gasteiger partial charge in [0.2, 0.25) is 11.8 Å². The summed E-state index contributed by atoms with van der Waals surface area (Å²) in [5.74, 6) is -2.08. The summed E-state index contributed by atoms with van der Waals surface area (Å²) in [7, 11) is 0. The Labute approximate surface area is 155 Å². The molecule has 0 saturated carbocycles. The van der Waals surface area contributed by atoms with Crippen LogP contribution in [0.5, 0.6) is 0 Å². The van der Waals surface area contributed by atoms with E-state index in [4.69, 9.17) is 4.74 Å². The number of fused-ring (bicyclic) bond motifs is 6. The van der Waals surface area contributed by atoms with E-state index in [0.717, 1.165) is 0 Å². The average molecular weight is 363 g/mol. The van der Waals surface area contributed by atoms with Crippen molar-refractivity contribution in [2.45, 2.75) is 37.6 Å². The molecule has 1 aromatic heterocycles. The number of hydrogen-bond donors (Lipinski definition) is 1. The van der Waals surface area contributed by atoms with E-state index in [1.54, 1.807) is 38.1 Å². The molecule has 27 heavy (non-hydrogen) atoms. The van der Waals surface area contributed by atoms with Gasteiger partial charge in [-0.15, -0.1) is 0 Å². The lowest BCUT2D eigenvalue weighted by Gasteiger charge is -2.31. The molecule has 0 spiro atoms. The first kappa shape index (κ1) is 16.4. The minimum atomic E-state index is -1.07. The average Bonchev–Trinajstić information content (AvgIpc) is 3.15. The lowest BCUT2D eigenvalue weighted by atomic mass is 9.67. The summed E-state index contributed by atoms with van der Waals surface area (Å²) in [5.41, 5.74) is -1.33. The molecule has 7 nitrogen and oxygen atoms in total. The first-order valence-electron chi connectivity index (χ1n) is 8.86. The van der Waals surface area contributed by atoms with Crippen LogP contribution in [-0.4, -0.2) is 39.2 Å². The summed E-state index contributed by atoms with van der Waals surface area (Å²) in [6.07, 6.45) is 0.933. The molecular formula is C20H17N3O4. The van der Waals surface area contributed by atoms with Gasteiger partial charge in [-0.2, -0.15) is 5.26 Å². The van der Waals surface area contributed by atoms with Crippen LogP contribution in [0.3, 0.4) is 0 Å². The third-order valence-electron chi connectivity index (χ3n) is 6.42. The number of aliphatic hydroxyl groups excluding tert-OH is 1. The molecule has 5 atom stereocenters. The van der Waals surface area contributed by atoms with Crippen molar-refractivity contribution in [3.05, 3.63) is 36.2 Å². The number of aromatic nitrogens is 1. The molecular weight excluding hydrogens is 346 g/mol. The standard InChI is InChI=1S/C20H17N3O4/c1-19-7-14(24)20(2,27-19)16-15(19)17(25)23(18(16)26)13-9-22-12(8-21)10-5-3-4-6-11(10)13/h3-6,9,14-16,24H,7H2,1-2H3/t14-,15-,16?,19+,20-/m0/s1. The van der Waals surface area contributed by atoms with Gasteiger partial charge in [0.25, 0.3) is 0 Å². The molecule has 2 amide bonds. The Bertz CT molecular complexity index is 1080. The number of nitriles is 1. The van der Waals surface area contributed by atoms with Crippen molar-refractivity contribution in [2.75, 3.05) is 4.90 Å². The Kier molecular flexibility index (Phi) is 2.98. The van der Waals surface area contributed by atoms with Crippen molar-refractivity contribution in [1.82, 2.24) is 4.98 Å². The number of hydrogen-bond acceptors (Lipinski definition) is 6. The highest BCUT2D eigenvalue weighted by atomic mass is 16.6. The Morgan fingerprint density at radius 1 is 1.22 bits per heavy atom. The molecule has 3 aliphatic rings. The fraction of sp³-hybridized carbons (Fsp3) is 0.400. The third kappa shape index (κ3) is 1.79. The van der Waals surface area contributed by atoms with E-state index in [2.05, 4.69) is 4.98 Å². The highest BCUT2D eigenvalue weighted by molar-refractivity contribution is 6.26. The Morgan fingerprint density at radius 3 is 2.59 bits per heavy atom. The van der Waals surface area contributed by atoms with E-state index in [0.29, 0.717) is 22.9 Å². The number of aliphatic hydroxyl groups is 1.